The van der Waals surface area contributed by atoms with Crippen LogP contribution >= 0.6 is 0 Å². The number of carbonyl (C=O) groups excluding carboxylic acids is 1. The van der Waals surface area contributed by atoms with Gasteiger partial charge in [0.2, 0.25) is 0 Å². The van der Waals surface area contributed by atoms with Gasteiger partial charge in [0, 0.05) is 0 Å². The molecule has 2 aromatic rings. The maximum atomic E-state index is 13.6. The number of sulfonamides is 1. The third-order valence-electron chi connectivity index (χ3n) is 3.21. The van der Waals surface area contributed by atoms with Gasteiger partial charge in [-0.25, -0.2) is 17.6 Å². The monoisotopic (exact) mass is 338 g/mol. The minimum atomic E-state index is -4.05. The molecule has 0 radical (unpaired) electrons. The van der Waals surface area contributed by atoms with Crippen LogP contribution in [0.2, 0.25) is 0 Å². The average Bonchev–Trinajstić information content (AvgIpc) is 2.51. The van der Waals surface area contributed by atoms with E-state index in [9.17, 15) is 17.6 Å². The van der Waals surface area contributed by atoms with Crippen LogP contribution in [0.3, 0.4) is 0 Å². The predicted octanol–water partition coefficient (Wildman–Crippen LogP) is 2.30. The smallest absolute Gasteiger partial charge is 0.340 e. The molecule has 0 saturated carbocycles. The van der Waals surface area contributed by atoms with Gasteiger partial charge in [-0.05, 0) is 36.8 Å². The van der Waals surface area contributed by atoms with Crippen LogP contribution in [-0.4, -0.2) is 21.5 Å². The number of nitrogens with two attached hydrogens (primary N) is 1. The van der Waals surface area contributed by atoms with Crippen LogP contribution in [0.4, 0.5) is 15.8 Å². The molecule has 0 unspecified atom stereocenters. The van der Waals surface area contributed by atoms with E-state index in [-0.39, 0.29) is 21.8 Å². The summed E-state index contributed by atoms with van der Waals surface area (Å²) in [4.78, 5) is 11.3. The van der Waals surface area contributed by atoms with Gasteiger partial charge in [-0.3, -0.25) is 4.72 Å². The fraction of sp³-hybridized carbons (Fsp3) is 0.133. The van der Waals surface area contributed by atoms with Crippen molar-refractivity contribution in [1.82, 2.24) is 0 Å². The van der Waals surface area contributed by atoms with Gasteiger partial charge in [-0.15, -0.1) is 0 Å². The number of benzene rings is 2. The number of rotatable bonds is 4. The lowest BCUT2D eigenvalue weighted by atomic mass is 10.1. The minimum Gasteiger partial charge on any atom is -0.465 e. The van der Waals surface area contributed by atoms with Gasteiger partial charge in [-0.2, -0.15) is 0 Å². The normalized spacial score (nSPS) is 11.1. The molecule has 0 aliphatic carbocycles. The molecule has 0 amide bonds. The highest BCUT2D eigenvalue weighted by molar-refractivity contribution is 7.92. The molecular formula is C15H15FN2O4S. The standard InChI is InChI=1S/C15H15FN2O4S/c1-9-6-7-10(8-12(9)16)23(20,21)18-13-5-3-4-11(14(13)17)15(19)22-2/h3-8,18H,17H2,1-2H3. The first kappa shape index (κ1) is 16.8. The van der Waals surface area contributed by atoms with Crippen LogP contribution in [0.1, 0.15) is 15.9 Å². The van der Waals surface area contributed by atoms with E-state index in [1.165, 1.54) is 44.4 Å². The molecule has 2 rings (SSSR count). The number of hydrogen-bond acceptors (Lipinski definition) is 5. The molecule has 0 aromatic heterocycles. The fourth-order valence-corrected chi connectivity index (χ4v) is 2.98. The Labute approximate surface area is 133 Å². The molecule has 0 aliphatic rings. The van der Waals surface area contributed by atoms with Crippen molar-refractivity contribution in [3.05, 3.63) is 53.3 Å². The van der Waals surface area contributed by atoms with Crippen LogP contribution in [0.5, 0.6) is 0 Å². The van der Waals surface area contributed by atoms with E-state index in [1.807, 2.05) is 0 Å². The summed E-state index contributed by atoms with van der Waals surface area (Å²) in [6.07, 6.45) is 0. The van der Waals surface area contributed by atoms with E-state index in [0.717, 1.165) is 6.07 Å². The first-order chi connectivity index (χ1) is 10.8. The van der Waals surface area contributed by atoms with Gasteiger partial charge in [0.25, 0.3) is 10.0 Å². The van der Waals surface area contributed by atoms with Gasteiger partial charge in [0.1, 0.15) is 5.82 Å². The topological polar surface area (TPSA) is 98.5 Å². The van der Waals surface area contributed by atoms with E-state index < -0.39 is 21.8 Å². The summed E-state index contributed by atoms with van der Waals surface area (Å²) in [5.41, 5.74) is 6.09. The van der Waals surface area contributed by atoms with Crippen molar-refractivity contribution in [3.63, 3.8) is 0 Å². The lowest BCUT2D eigenvalue weighted by Gasteiger charge is -2.13. The third kappa shape index (κ3) is 3.42. The number of hydrogen-bond donors (Lipinski definition) is 2. The zero-order valence-electron chi connectivity index (χ0n) is 12.5. The second-order valence-electron chi connectivity index (χ2n) is 4.77. The van der Waals surface area contributed by atoms with Gasteiger partial charge >= 0.3 is 5.97 Å². The number of nitrogen functional groups attached to an aromatic ring is 1. The highest BCUT2D eigenvalue weighted by atomic mass is 32.2. The zero-order chi connectivity index (χ0) is 17.2. The summed E-state index contributed by atoms with van der Waals surface area (Å²) in [5.74, 6) is -1.32. The lowest BCUT2D eigenvalue weighted by molar-refractivity contribution is 0.0602. The van der Waals surface area contributed by atoms with Crippen LogP contribution in [0.25, 0.3) is 0 Å². The van der Waals surface area contributed by atoms with Gasteiger partial charge in [0.15, 0.2) is 0 Å². The molecule has 0 atom stereocenters. The highest BCUT2D eigenvalue weighted by Crippen LogP contribution is 2.26. The molecule has 23 heavy (non-hydrogen) atoms. The van der Waals surface area contributed by atoms with E-state index in [1.54, 1.807) is 0 Å². The van der Waals surface area contributed by atoms with Crippen LogP contribution in [0, 0.1) is 12.7 Å². The third-order valence-corrected chi connectivity index (χ3v) is 4.57. The molecular weight excluding hydrogens is 323 g/mol. The van der Waals surface area contributed by atoms with Crippen molar-refractivity contribution in [3.8, 4) is 0 Å². The second kappa shape index (κ2) is 6.25. The number of para-hydroxylation sites is 1. The SMILES string of the molecule is COC(=O)c1cccc(NS(=O)(=O)c2ccc(C)c(F)c2)c1N. The Hall–Kier alpha value is -2.61. The second-order valence-corrected chi connectivity index (χ2v) is 6.46. The lowest BCUT2D eigenvalue weighted by Crippen LogP contribution is -2.16. The summed E-state index contributed by atoms with van der Waals surface area (Å²) in [6.45, 7) is 1.52. The molecule has 0 fully saturated rings. The summed E-state index contributed by atoms with van der Waals surface area (Å²) < 4.78 is 45.0. The summed E-state index contributed by atoms with van der Waals surface area (Å²) >= 11 is 0. The number of esters is 1. The summed E-state index contributed by atoms with van der Waals surface area (Å²) in [7, 11) is -2.86. The van der Waals surface area contributed by atoms with Crippen LogP contribution in [0.15, 0.2) is 41.3 Å². The molecule has 6 nitrogen and oxygen atoms in total. The molecule has 8 heteroatoms. The first-order valence-corrected chi connectivity index (χ1v) is 8.00. The van der Waals surface area contributed by atoms with E-state index in [2.05, 4.69) is 9.46 Å². The van der Waals surface area contributed by atoms with Crippen molar-refractivity contribution in [2.24, 2.45) is 0 Å². The van der Waals surface area contributed by atoms with Crippen LogP contribution in [-0.2, 0) is 14.8 Å². The van der Waals surface area contributed by atoms with Gasteiger partial charge in [0.05, 0.1) is 28.9 Å². The van der Waals surface area contributed by atoms with Crippen molar-refractivity contribution in [2.75, 3.05) is 17.6 Å². The summed E-state index contributed by atoms with van der Waals surface area (Å²) in [5, 5.41) is 0. The molecule has 0 aliphatic heterocycles. The molecule has 0 bridgehead atoms. The quantitative estimate of drug-likeness (QED) is 0.658. The number of aryl methyl sites for hydroxylation is 1. The van der Waals surface area contributed by atoms with Crippen molar-refractivity contribution >= 4 is 27.4 Å². The molecule has 2 aromatic carbocycles. The zero-order valence-corrected chi connectivity index (χ0v) is 13.3. The number of anilines is 2. The van der Waals surface area contributed by atoms with Crippen molar-refractivity contribution in [2.45, 2.75) is 11.8 Å². The number of ether oxygens (including phenoxy) is 1. The van der Waals surface area contributed by atoms with Crippen molar-refractivity contribution in [1.29, 1.82) is 0 Å². The Bertz CT molecular complexity index is 866. The molecule has 0 heterocycles. The van der Waals surface area contributed by atoms with E-state index >= 15 is 0 Å². The van der Waals surface area contributed by atoms with E-state index in [4.69, 9.17) is 5.73 Å². The Morgan fingerprint density at radius 3 is 2.57 bits per heavy atom. The Morgan fingerprint density at radius 1 is 1.26 bits per heavy atom. The maximum Gasteiger partial charge on any atom is 0.340 e. The highest BCUT2D eigenvalue weighted by Gasteiger charge is 2.19. The number of nitrogens with one attached hydrogen (secondary N) is 1. The van der Waals surface area contributed by atoms with Crippen LogP contribution < -0.4 is 10.5 Å². The fourth-order valence-electron chi connectivity index (χ4n) is 1.89. The van der Waals surface area contributed by atoms with Crippen molar-refractivity contribution < 1.29 is 22.3 Å². The largest absolute Gasteiger partial charge is 0.465 e. The number of carbonyl (C=O) groups is 1. The molecule has 122 valence electrons. The average molecular weight is 338 g/mol. The summed E-state index contributed by atoms with van der Waals surface area (Å²) in [6, 6.07) is 7.81. The van der Waals surface area contributed by atoms with Gasteiger partial charge < -0.3 is 10.5 Å². The molecule has 3 N–H and O–H groups in total. The number of methoxy groups -OCH3 is 1. The Balaban J connectivity index is 2.41. The number of halogens is 1. The molecule has 0 spiro atoms. The van der Waals surface area contributed by atoms with E-state index in [0.29, 0.717) is 5.56 Å². The first-order valence-electron chi connectivity index (χ1n) is 6.52. The Kier molecular flexibility index (Phi) is 4.55. The predicted molar refractivity (Wildman–Crippen MR) is 84.1 cm³/mol. The maximum absolute atomic E-state index is 13.6. The minimum absolute atomic E-state index is 0.00823. The Morgan fingerprint density at radius 2 is 1.96 bits per heavy atom. The van der Waals surface area contributed by atoms with Gasteiger partial charge in [-0.1, -0.05) is 12.1 Å². The molecule has 0 saturated heterocycles.